The van der Waals surface area contributed by atoms with Crippen LogP contribution in [0.2, 0.25) is 0 Å². The van der Waals surface area contributed by atoms with E-state index < -0.39 is 0 Å². The second-order valence-electron chi connectivity index (χ2n) is 6.26. The minimum absolute atomic E-state index is 0.0398. The van der Waals surface area contributed by atoms with Crippen molar-refractivity contribution in [3.8, 4) is 5.75 Å². The minimum Gasteiger partial charge on any atom is -0.491 e. The zero-order valence-corrected chi connectivity index (χ0v) is 13.9. The van der Waals surface area contributed by atoms with Crippen molar-refractivity contribution >= 4 is 11.6 Å². The maximum absolute atomic E-state index is 13.8. The van der Waals surface area contributed by atoms with Crippen molar-refractivity contribution in [1.82, 2.24) is 0 Å². The molecule has 2 aromatic carbocycles. The van der Waals surface area contributed by atoms with E-state index in [1.165, 1.54) is 6.07 Å². The highest BCUT2D eigenvalue weighted by atomic mass is 19.1. The van der Waals surface area contributed by atoms with Crippen molar-refractivity contribution in [2.24, 2.45) is 10.7 Å². The SMILES string of the molecule is CC(C)Oc1ccc(NC(N)=NC2CC2c2ccccc2F)cc1. The number of hydrogen-bond donors (Lipinski definition) is 2. The quantitative estimate of drug-likeness (QED) is 0.647. The molecule has 3 N–H and O–H groups in total. The standard InChI is InChI=1S/C19H22FN3O/c1-12(2)24-14-9-7-13(8-10-14)22-19(21)23-18-11-16(18)15-5-3-4-6-17(15)20/h3-10,12,16,18H,11H2,1-2H3,(H3,21,22,23). The topological polar surface area (TPSA) is 59.6 Å². The number of hydrogen-bond acceptors (Lipinski definition) is 2. The lowest BCUT2D eigenvalue weighted by Crippen LogP contribution is -2.23. The van der Waals surface area contributed by atoms with Crippen LogP contribution in [0.3, 0.4) is 0 Å². The van der Waals surface area contributed by atoms with Crippen LogP contribution < -0.4 is 15.8 Å². The van der Waals surface area contributed by atoms with Crippen molar-refractivity contribution in [3.05, 3.63) is 59.9 Å². The first-order chi connectivity index (χ1) is 11.5. The summed E-state index contributed by atoms with van der Waals surface area (Å²) >= 11 is 0. The zero-order valence-electron chi connectivity index (χ0n) is 13.9. The van der Waals surface area contributed by atoms with Crippen molar-refractivity contribution in [1.29, 1.82) is 0 Å². The first kappa shape index (κ1) is 16.3. The van der Waals surface area contributed by atoms with Gasteiger partial charge < -0.3 is 15.8 Å². The Hall–Kier alpha value is -2.56. The number of nitrogens with zero attached hydrogens (tertiary/aromatic N) is 1. The molecule has 0 heterocycles. The van der Waals surface area contributed by atoms with Crippen LogP contribution in [0, 0.1) is 5.82 Å². The van der Waals surface area contributed by atoms with Crippen LogP contribution in [-0.4, -0.2) is 18.1 Å². The van der Waals surface area contributed by atoms with E-state index in [9.17, 15) is 4.39 Å². The van der Waals surface area contributed by atoms with E-state index in [1.54, 1.807) is 6.07 Å². The van der Waals surface area contributed by atoms with Gasteiger partial charge in [-0.1, -0.05) is 18.2 Å². The van der Waals surface area contributed by atoms with Crippen LogP contribution in [-0.2, 0) is 0 Å². The lowest BCUT2D eigenvalue weighted by atomic mass is 10.1. The predicted octanol–water partition coefficient (Wildman–Crippen LogP) is 3.90. The van der Waals surface area contributed by atoms with Gasteiger partial charge in [0.2, 0.25) is 0 Å². The third kappa shape index (κ3) is 4.04. The van der Waals surface area contributed by atoms with Crippen LogP contribution in [0.1, 0.15) is 31.7 Å². The number of guanidine groups is 1. The molecule has 4 nitrogen and oxygen atoms in total. The predicted molar refractivity (Wildman–Crippen MR) is 95.0 cm³/mol. The molecule has 0 radical (unpaired) electrons. The molecule has 0 aliphatic heterocycles. The first-order valence-corrected chi connectivity index (χ1v) is 8.14. The normalized spacial score (nSPS) is 20.1. The van der Waals surface area contributed by atoms with Gasteiger partial charge in [0.15, 0.2) is 5.96 Å². The van der Waals surface area contributed by atoms with Crippen molar-refractivity contribution in [2.75, 3.05) is 5.32 Å². The number of nitrogens with two attached hydrogens (primary N) is 1. The molecule has 0 spiro atoms. The molecule has 126 valence electrons. The van der Waals surface area contributed by atoms with Crippen LogP contribution in [0.5, 0.6) is 5.75 Å². The van der Waals surface area contributed by atoms with Gasteiger partial charge in [-0.2, -0.15) is 0 Å². The maximum atomic E-state index is 13.8. The molecule has 3 rings (SSSR count). The molecule has 5 heteroatoms. The smallest absolute Gasteiger partial charge is 0.193 e. The van der Waals surface area contributed by atoms with Gasteiger partial charge >= 0.3 is 0 Å². The summed E-state index contributed by atoms with van der Waals surface area (Å²) in [6, 6.07) is 14.4. The molecule has 0 aromatic heterocycles. The number of halogens is 1. The molecule has 0 saturated heterocycles. The Morgan fingerprint density at radius 1 is 1.21 bits per heavy atom. The average molecular weight is 327 g/mol. The summed E-state index contributed by atoms with van der Waals surface area (Å²) in [6.07, 6.45) is 0.963. The van der Waals surface area contributed by atoms with Crippen LogP contribution in [0.15, 0.2) is 53.5 Å². The summed E-state index contributed by atoms with van der Waals surface area (Å²) in [4.78, 5) is 4.44. The molecule has 2 atom stereocenters. The lowest BCUT2D eigenvalue weighted by molar-refractivity contribution is 0.242. The van der Waals surface area contributed by atoms with E-state index in [2.05, 4.69) is 10.3 Å². The van der Waals surface area contributed by atoms with Crippen LogP contribution in [0.4, 0.5) is 10.1 Å². The Bertz CT molecular complexity index is 728. The van der Waals surface area contributed by atoms with Gasteiger partial charge in [0.1, 0.15) is 11.6 Å². The number of anilines is 1. The molecule has 2 unspecified atom stereocenters. The van der Waals surface area contributed by atoms with Crippen LogP contribution in [0.25, 0.3) is 0 Å². The maximum Gasteiger partial charge on any atom is 0.193 e. The summed E-state index contributed by atoms with van der Waals surface area (Å²) in [5, 5.41) is 3.06. The molecule has 24 heavy (non-hydrogen) atoms. The average Bonchev–Trinajstić information content (AvgIpc) is 3.28. The van der Waals surface area contributed by atoms with Crippen molar-refractivity contribution in [3.63, 3.8) is 0 Å². The summed E-state index contributed by atoms with van der Waals surface area (Å²) < 4.78 is 19.4. The summed E-state index contributed by atoms with van der Waals surface area (Å²) in [7, 11) is 0. The Balaban J connectivity index is 1.58. The van der Waals surface area contributed by atoms with Crippen molar-refractivity contribution < 1.29 is 9.13 Å². The van der Waals surface area contributed by atoms with Crippen LogP contribution >= 0.6 is 0 Å². The molecule has 0 bridgehead atoms. The Labute approximate surface area is 141 Å². The Morgan fingerprint density at radius 2 is 1.92 bits per heavy atom. The molecule has 1 fully saturated rings. The van der Waals surface area contributed by atoms with Gasteiger partial charge in [-0.3, -0.25) is 0 Å². The third-order valence-electron chi connectivity index (χ3n) is 3.86. The monoisotopic (exact) mass is 327 g/mol. The molecular formula is C19H22FN3O. The number of aliphatic imine (C=N–C) groups is 1. The molecule has 2 aromatic rings. The molecule has 1 saturated carbocycles. The van der Waals surface area contributed by atoms with E-state index in [0.29, 0.717) is 11.5 Å². The molecule has 0 amide bonds. The Morgan fingerprint density at radius 3 is 2.58 bits per heavy atom. The molecule has 1 aliphatic rings. The fraction of sp³-hybridized carbons (Fsp3) is 0.316. The fourth-order valence-electron chi connectivity index (χ4n) is 2.68. The highest BCUT2D eigenvalue weighted by Gasteiger charge is 2.40. The first-order valence-electron chi connectivity index (χ1n) is 8.14. The summed E-state index contributed by atoms with van der Waals surface area (Å²) in [5.41, 5.74) is 7.52. The molecule has 1 aliphatic carbocycles. The van der Waals surface area contributed by atoms with E-state index in [4.69, 9.17) is 10.5 Å². The Kier molecular flexibility index (Phi) is 4.69. The van der Waals surface area contributed by atoms with Crippen molar-refractivity contribution in [2.45, 2.75) is 38.3 Å². The van der Waals surface area contributed by atoms with E-state index >= 15 is 0 Å². The largest absolute Gasteiger partial charge is 0.491 e. The minimum atomic E-state index is -0.174. The number of benzene rings is 2. The molecular weight excluding hydrogens is 305 g/mol. The lowest BCUT2D eigenvalue weighted by Gasteiger charge is -2.11. The number of nitrogens with one attached hydrogen (secondary N) is 1. The van der Waals surface area contributed by atoms with E-state index in [-0.39, 0.29) is 23.9 Å². The number of rotatable bonds is 5. The van der Waals surface area contributed by atoms with Gasteiger partial charge in [-0.15, -0.1) is 0 Å². The van der Waals surface area contributed by atoms with Gasteiger partial charge in [0.25, 0.3) is 0 Å². The van der Waals surface area contributed by atoms with E-state index in [1.807, 2.05) is 50.2 Å². The highest BCUT2D eigenvalue weighted by Crippen LogP contribution is 2.44. The van der Waals surface area contributed by atoms with Gasteiger partial charge in [0.05, 0.1) is 12.1 Å². The second kappa shape index (κ2) is 6.91. The summed E-state index contributed by atoms with van der Waals surface area (Å²) in [6.45, 7) is 3.97. The number of ether oxygens (including phenoxy) is 1. The zero-order chi connectivity index (χ0) is 17.1. The van der Waals surface area contributed by atoms with Gasteiger partial charge in [-0.05, 0) is 56.2 Å². The highest BCUT2D eigenvalue weighted by molar-refractivity contribution is 5.92. The fourth-order valence-corrected chi connectivity index (χ4v) is 2.68. The van der Waals surface area contributed by atoms with Gasteiger partial charge in [0, 0.05) is 11.6 Å². The van der Waals surface area contributed by atoms with Gasteiger partial charge in [-0.25, -0.2) is 9.38 Å². The second-order valence-corrected chi connectivity index (χ2v) is 6.26. The van der Waals surface area contributed by atoms with E-state index in [0.717, 1.165) is 17.9 Å². The third-order valence-corrected chi connectivity index (χ3v) is 3.86. The summed E-state index contributed by atoms with van der Waals surface area (Å²) in [5.74, 6) is 1.10.